The van der Waals surface area contributed by atoms with Gasteiger partial charge in [0.15, 0.2) is 6.10 Å². The van der Waals surface area contributed by atoms with Gasteiger partial charge in [-0.05, 0) is 38.5 Å². The number of unbranched alkanes of at least 4 members (excludes halogenated alkanes) is 33. The number of hydrogen-bond acceptors (Lipinski definition) is 6. The summed E-state index contributed by atoms with van der Waals surface area (Å²) in [6, 6.07) is 0. The van der Waals surface area contributed by atoms with Crippen LogP contribution in [0.4, 0.5) is 0 Å². The fraction of sp³-hybridized carbons (Fsp3) is 0.780. The van der Waals surface area contributed by atoms with Crippen molar-refractivity contribution in [3.63, 3.8) is 0 Å². The highest BCUT2D eigenvalue weighted by molar-refractivity contribution is 5.71. The predicted molar refractivity (Wildman–Crippen MR) is 279 cm³/mol. The lowest BCUT2D eigenvalue weighted by molar-refractivity contribution is -0.167. The maximum Gasteiger partial charge on any atom is 0.306 e. The lowest BCUT2D eigenvalue weighted by atomic mass is 10.0. The van der Waals surface area contributed by atoms with Crippen LogP contribution < -0.4 is 0 Å². The summed E-state index contributed by atoms with van der Waals surface area (Å²) >= 11 is 0. The van der Waals surface area contributed by atoms with Crippen LogP contribution in [0.25, 0.3) is 0 Å². The summed E-state index contributed by atoms with van der Waals surface area (Å²) in [5.74, 6) is -0.894. The minimum Gasteiger partial charge on any atom is -0.462 e. The van der Waals surface area contributed by atoms with Crippen LogP contribution in [0.2, 0.25) is 0 Å². The van der Waals surface area contributed by atoms with Gasteiger partial charge in [0.2, 0.25) is 0 Å². The molecule has 0 heterocycles. The largest absolute Gasteiger partial charge is 0.462 e. The predicted octanol–water partition coefficient (Wildman–Crippen LogP) is 18.4. The highest BCUT2D eigenvalue weighted by atomic mass is 16.6. The minimum atomic E-state index is -0.781. The smallest absolute Gasteiger partial charge is 0.306 e. The monoisotopic (exact) mass is 909 g/mol. The lowest BCUT2D eigenvalue weighted by Gasteiger charge is -2.18. The number of allylic oxidation sites excluding steroid dienone is 10. The van der Waals surface area contributed by atoms with Crippen LogP contribution in [0, 0.1) is 0 Å². The average molecular weight is 909 g/mol. The summed E-state index contributed by atoms with van der Waals surface area (Å²) in [6.07, 6.45) is 66.3. The molecule has 0 aromatic heterocycles. The summed E-state index contributed by atoms with van der Waals surface area (Å²) in [7, 11) is 0. The van der Waals surface area contributed by atoms with Gasteiger partial charge in [0.25, 0.3) is 0 Å². The third kappa shape index (κ3) is 51.9. The van der Waals surface area contributed by atoms with Gasteiger partial charge in [0, 0.05) is 19.3 Å². The summed E-state index contributed by atoms with van der Waals surface area (Å²) in [4.78, 5) is 38.1. The number of ether oxygens (including phenoxy) is 3. The second kappa shape index (κ2) is 53.7. The molecule has 0 fully saturated rings. The summed E-state index contributed by atoms with van der Waals surface area (Å²) in [5.41, 5.74) is 0. The maximum absolute atomic E-state index is 12.8. The standard InChI is InChI=1S/C59H104O6/c1-4-7-10-13-16-19-22-24-26-28-30-32-34-37-40-43-46-49-52-58(61)64-55-56(54-63-57(60)51-48-45-42-39-36-21-18-15-12-9-6-3)65-59(62)53-50-47-44-41-38-35-33-31-29-27-25-23-20-17-14-11-8-5-2/h10,13,16,19,22,24,26,28,30,32,56H,4-9,11-12,14-15,17-18,20-21,23,25,27,29,31,33-55H2,1-3H3/b13-10-,19-16-,24-22-,28-26-,32-30-. The van der Waals surface area contributed by atoms with Crippen LogP contribution in [0.15, 0.2) is 60.8 Å². The molecule has 376 valence electrons. The van der Waals surface area contributed by atoms with Gasteiger partial charge in [-0.15, -0.1) is 0 Å². The van der Waals surface area contributed by atoms with E-state index in [0.29, 0.717) is 19.3 Å². The van der Waals surface area contributed by atoms with E-state index in [1.54, 1.807) is 0 Å². The Morgan fingerprint density at radius 2 is 0.585 bits per heavy atom. The zero-order valence-electron chi connectivity index (χ0n) is 43.0. The fourth-order valence-electron chi connectivity index (χ4n) is 7.94. The maximum atomic E-state index is 12.8. The third-order valence-corrected chi connectivity index (χ3v) is 12.1. The fourth-order valence-corrected chi connectivity index (χ4v) is 7.94. The Labute approximate surface area is 402 Å². The first-order chi connectivity index (χ1) is 32.0. The molecule has 0 saturated carbocycles. The summed E-state index contributed by atoms with van der Waals surface area (Å²) in [6.45, 7) is 6.55. The van der Waals surface area contributed by atoms with E-state index < -0.39 is 6.10 Å². The van der Waals surface area contributed by atoms with Crippen LogP contribution in [0.5, 0.6) is 0 Å². The average Bonchev–Trinajstić information content (AvgIpc) is 3.30. The molecule has 0 aliphatic heterocycles. The first-order valence-electron chi connectivity index (χ1n) is 27.9. The molecule has 1 unspecified atom stereocenters. The second-order valence-electron chi connectivity index (χ2n) is 18.6. The molecule has 6 nitrogen and oxygen atoms in total. The van der Waals surface area contributed by atoms with Crippen LogP contribution >= 0.6 is 0 Å². The van der Waals surface area contributed by atoms with Gasteiger partial charge < -0.3 is 14.2 Å². The van der Waals surface area contributed by atoms with E-state index in [2.05, 4.69) is 57.2 Å². The molecule has 0 aromatic carbocycles. The van der Waals surface area contributed by atoms with E-state index in [1.165, 1.54) is 154 Å². The molecule has 0 rings (SSSR count). The van der Waals surface area contributed by atoms with Crippen molar-refractivity contribution in [3.05, 3.63) is 60.8 Å². The van der Waals surface area contributed by atoms with E-state index in [-0.39, 0.29) is 31.1 Å². The normalized spacial score (nSPS) is 12.5. The number of rotatable bonds is 50. The number of carbonyl (C=O) groups is 3. The molecule has 0 aliphatic carbocycles. The van der Waals surface area contributed by atoms with Crippen molar-refractivity contribution in [2.24, 2.45) is 0 Å². The van der Waals surface area contributed by atoms with Crippen LogP contribution in [0.1, 0.15) is 278 Å². The van der Waals surface area contributed by atoms with Crippen LogP contribution in [0.3, 0.4) is 0 Å². The molecule has 0 amide bonds. The molecule has 0 aromatic rings. The Morgan fingerprint density at radius 1 is 0.308 bits per heavy atom. The minimum absolute atomic E-state index is 0.0791. The molecule has 0 bridgehead atoms. The summed E-state index contributed by atoms with van der Waals surface area (Å²) < 4.78 is 16.8. The van der Waals surface area contributed by atoms with E-state index >= 15 is 0 Å². The molecule has 0 radical (unpaired) electrons. The van der Waals surface area contributed by atoms with Crippen molar-refractivity contribution in [1.82, 2.24) is 0 Å². The molecule has 65 heavy (non-hydrogen) atoms. The van der Waals surface area contributed by atoms with E-state index in [4.69, 9.17) is 14.2 Å². The Bertz CT molecular complexity index is 1180. The lowest BCUT2D eigenvalue weighted by Crippen LogP contribution is -2.30. The molecule has 1 atom stereocenters. The highest BCUT2D eigenvalue weighted by Gasteiger charge is 2.19. The topological polar surface area (TPSA) is 78.9 Å². The van der Waals surface area contributed by atoms with Gasteiger partial charge >= 0.3 is 17.9 Å². The molecule has 0 N–H and O–H groups in total. The van der Waals surface area contributed by atoms with Gasteiger partial charge in [-0.2, -0.15) is 0 Å². The third-order valence-electron chi connectivity index (χ3n) is 12.1. The van der Waals surface area contributed by atoms with E-state index in [1.807, 2.05) is 24.3 Å². The van der Waals surface area contributed by atoms with Crippen molar-refractivity contribution >= 4 is 17.9 Å². The van der Waals surface area contributed by atoms with Crippen molar-refractivity contribution < 1.29 is 28.6 Å². The molecular formula is C59H104O6. The van der Waals surface area contributed by atoms with Gasteiger partial charge in [0.05, 0.1) is 0 Å². The first-order valence-corrected chi connectivity index (χ1v) is 27.9. The highest BCUT2D eigenvalue weighted by Crippen LogP contribution is 2.16. The number of hydrogen-bond donors (Lipinski definition) is 0. The van der Waals surface area contributed by atoms with Gasteiger partial charge in [-0.3, -0.25) is 14.4 Å². The summed E-state index contributed by atoms with van der Waals surface area (Å²) in [5, 5.41) is 0. The molecule has 0 saturated heterocycles. The van der Waals surface area contributed by atoms with Gasteiger partial charge in [0.1, 0.15) is 13.2 Å². The molecule has 6 heteroatoms. The van der Waals surface area contributed by atoms with Crippen molar-refractivity contribution in [2.45, 2.75) is 284 Å². The molecule has 0 aliphatic rings. The quantitative estimate of drug-likeness (QED) is 0.0262. The van der Waals surface area contributed by atoms with Crippen molar-refractivity contribution in [3.8, 4) is 0 Å². The van der Waals surface area contributed by atoms with Crippen molar-refractivity contribution in [1.29, 1.82) is 0 Å². The number of esters is 3. The Kier molecular flexibility index (Phi) is 51.3. The Morgan fingerprint density at radius 3 is 0.923 bits per heavy atom. The zero-order valence-corrected chi connectivity index (χ0v) is 43.0. The van der Waals surface area contributed by atoms with E-state index in [0.717, 1.165) is 83.5 Å². The van der Waals surface area contributed by atoms with Crippen LogP contribution in [-0.4, -0.2) is 37.2 Å². The number of carbonyl (C=O) groups excluding carboxylic acids is 3. The SMILES string of the molecule is CCC\C=C/C=C\C=C/C=C\C=C/CCCCCCCC(=O)OCC(COC(=O)CCCCCCCCCCCCC)OC(=O)CCCCCCCCCCCCCCCCCCCC. The van der Waals surface area contributed by atoms with E-state index in [9.17, 15) is 14.4 Å². The van der Waals surface area contributed by atoms with Crippen LogP contribution in [-0.2, 0) is 28.6 Å². The zero-order chi connectivity index (χ0) is 47.2. The Balaban J connectivity index is 4.37. The van der Waals surface area contributed by atoms with Gasteiger partial charge in [-0.1, -0.05) is 281 Å². The molecule has 0 spiro atoms. The second-order valence-corrected chi connectivity index (χ2v) is 18.6. The first kappa shape index (κ1) is 62.1. The molecular weight excluding hydrogens is 805 g/mol. The van der Waals surface area contributed by atoms with Crippen molar-refractivity contribution in [2.75, 3.05) is 13.2 Å². The van der Waals surface area contributed by atoms with Gasteiger partial charge in [-0.25, -0.2) is 0 Å². The Hall–Kier alpha value is -2.89.